The lowest BCUT2D eigenvalue weighted by atomic mass is 11.2. The highest BCUT2D eigenvalue weighted by atomic mass is 16.1. The molecule has 0 radical (unpaired) electrons. The Morgan fingerprint density at radius 1 is 1.62 bits per heavy atom. The van der Waals surface area contributed by atoms with Crippen LogP contribution in [0.2, 0.25) is 0 Å². The number of carbonyl (C=O) groups excluding carboxylic acids is 1. The van der Waals surface area contributed by atoms with Crippen LogP contribution >= 0.6 is 0 Å². The van der Waals surface area contributed by atoms with E-state index in [1.807, 2.05) is 5.43 Å². The van der Waals surface area contributed by atoms with Crippen molar-refractivity contribution in [3.8, 4) is 0 Å². The van der Waals surface area contributed by atoms with E-state index in [1.54, 1.807) is 14.1 Å². The highest BCUT2D eigenvalue weighted by Crippen LogP contribution is 1.71. The number of amides is 1. The van der Waals surface area contributed by atoms with Gasteiger partial charge in [-0.3, -0.25) is 9.80 Å². The van der Waals surface area contributed by atoms with Crippen molar-refractivity contribution in [2.45, 2.75) is 0 Å². The van der Waals surface area contributed by atoms with Gasteiger partial charge in [0.05, 0.1) is 0 Å². The molecule has 0 spiro atoms. The van der Waals surface area contributed by atoms with E-state index in [0.717, 1.165) is 0 Å². The van der Waals surface area contributed by atoms with Gasteiger partial charge in [0.2, 0.25) is 6.41 Å². The van der Waals surface area contributed by atoms with E-state index in [0.29, 0.717) is 6.41 Å². The zero-order valence-electron chi connectivity index (χ0n) is 4.83. The molecule has 0 unspecified atom stereocenters. The van der Waals surface area contributed by atoms with Crippen LogP contribution in [0.4, 0.5) is 0 Å². The molecule has 0 aliphatic rings. The van der Waals surface area contributed by atoms with Crippen molar-refractivity contribution in [1.29, 1.82) is 0 Å². The minimum atomic E-state index is 0.451. The van der Waals surface area contributed by atoms with Crippen molar-refractivity contribution >= 4 is 6.41 Å². The molecule has 0 aromatic carbocycles. The Bertz CT molecular complexity index is 89.3. The van der Waals surface area contributed by atoms with Crippen molar-refractivity contribution in [2.24, 2.45) is 10.4 Å². The van der Waals surface area contributed by atoms with Gasteiger partial charge in [-0.1, -0.05) is 5.22 Å². The molecule has 0 aliphatic heterocycles. The van der Waals surface area contributed by atoms with Gasteiger partial charge in [0.25, 0.3) is 0 Å². The zero-order chi connectivity index (χ0) is 6.41. The molecule has 0 bridgehead atoms. The van der Waals surface area contributed by atoms with Gasteiger partial charge in [0, 0.05) is 14.1 Å². The molecule has 46 valence electrons. The summed E-state index contributed by atoms with van der Waals surface area (Å²) in [6.45, 7) is 0. The van der Waals surface area contributed by atoms with Crippen LogP contribution in [0.25, 0.3) is 0 Å². The first-order chi connectivity index (χ1) is 3.77. The van der Waals surface area contributed by atoms with Crippen LogP contribution < -0.4 is 5.43 Å². The third-order valence-electron chi connectivity index (χ3n) is 0.334. The summed E-state index contributed by atoms with van der Waals surface area (Å²) in [5.41, 5.74) is 2.02. The molecule has 0 saturated heterocycles. The van der Waals surface area contributed by atoms with Crippen molar-refractivity contribution in [3.05, 3.63) is 0 Å². The van der Waals surface area contributed by atoms with Crippen LogP contribution in [0, 0.1) is 0 Å². The summed E-state index contributed by atoms with van der Waals surface area (Å²) >= 11 is 0. The van der Waals surface area contributed by atoms with E-state index < -0.39 is 0 Å². The van der Waals surface area contributed by atoms with Crippen LogP contribution in [-0.4, -0.2) is 25.5 Å². The quantitative estimate of drug-likeness (QED) is 0.309. The number of carbonyl (C=O) groups is 1. The third-order valence-corrected chi connectivity index (χ3v) is 0.334. The maximum atomic E-state index is 9.50. The molecule has 8 heavy (non-hydrogen) atoms. The maximum Gasteiger partial charge on any atom is 0.228 e. The molecule has 1 amide bonds. The van der Waals surface area contributed by atoms with Gasteiger partial charge in [-0.15, -0.1) is 0 Å². The molecular formula is C3H8N4O. The lowest BCUT2D eigenvalue weighted by Gasteiger charge is -1.97. The fourth-order valence-corrected chi connectivity index (χ4v) is 0.139. The summed E-state index contributed by atoms with van der Waals surface area (Å²) in [6, 6.07) is 0. The summed E-state index contributed by atoms with van der Waals surface area (Å²) in [6.07, 6.45) is 0.451. The monoisotopic (exact) mass is 116 g/mol. The summed E-state index contributed by atoms with van der Waals surface area (Å²) in [5, 5.41) is 8.12. The van der Waals surface area contributed by atoms with Gasteiger partial charge < -0.3 is 0 Å². The largest absolute Gasteiger partial charge is 0.283 e. The van der Waals surface area contributed by atoms with Crippen molar-refractivity contribution in [2.75, 3.05) is 14.1 Å². The average Bonchev–Trinajstić information content (AvgIpc) is 1.66. The van der Waals surface area contributed by atoms with Crippen molar-refractivity contribution in [3.63, 3.8) is 0 Å². The Kier molecular flexibility index (Phi) is 3.47. The molecule has 0 aromatic rings. The number of nitrogens with zero attached hydrogens (tertiary/aromatic N) is 3. The van der Waals surface area contributed by atoms with E-state index in [-0.39, 0.29) is 0 Å². The summed E-state index contributed by atoms with van der Waals surface area (Å²) in [4.78, 5) is 9.50. The number of hydrogen-bond acceptors (Lipinski definition) is 3. The fourth-order valence-electron chi connectivity index (χ4n) is 0.139. The lowest BCUT2D eigenvalue weighted by molar-refractivity contribution is -0.109. The number of hydrogen-bond donors (Lipinski definition) is 1. The standard InChI is InChI=1S/C3H8N4O/c1-7(2)6-5-4-3-8/h3H,1-2H3,(H,4,6,8). The van der Waals surface area contributed by atoms with Crippen LogP contribution in [0.3, 0.4) is 0 Å². The van der Waals surface area contributed by atoms with Crippen LogP contribution in [0.15, 0.2) is 10.4 Å². The Labute approximate surface area is 47.3 Å². The first-order valence-corrected chi connectivity index (χ1v) is 2.04. The smallest absolute Gasteiger partial charge is 0.228 e. The normalized spacial score (nSPS) is 9.25. The van der Waals surface area contributed by atoms with Gasteiger partial charge >= 0.3 is 0 Å². The van der Waals surface area contributed by atoms with Crippen molar-refractivity contribution in [1.82, 2.24) is 10.4 Å². The topological polar surface area (TPSA) is 57.1 Å². The zero-order valence-corrected chi connectivity index (χ0v) is 4.83. The highest BCUT2D eigenvalue weighted by molar-refractivity contribution is 5.44. The fraction of sp³-hybridized carbons (Fsp3) is 0.667. The second-order valence-corrected chi connectivity index (χ2v) is 1.28. The minimum absolute atomic E-state index is 0.451. The molecule has 0 rings (SSSR count). The van der Waals surface area contributed by atoms with E-state index in [4.69, 9.17) is 0 Å². The SMILES string of the molecule is CN(C)/N=N\NC=O. The van der Waals surface area contributed by atoms with E-state index in [1.165, 1.54) is 5.01 Å². The highest BCUT2D eigenvalue weighted by Gasteiger charge is 1.72. The van der Waals surface area contributed by atoms with Crippen LogP contribution in [0.1, 0.15) is 0 Å². The molecule has 5 nitrogen and oxygen atoms in total. The Morgan fingerprint density at radius 2 is 2.25 bits per heavy atom. The lowest BCUT2D eigenvalue weighted by Crippen LogP contribution is -2.05. The Hall–Kier alpha value is -1.13. The van der Waals surface area contributed by atoms with Crippen LogP contribution in [-0.2, 0) is 4.79 Å². The molecule has 0 aliphatic carbocycles. The van der Waals surface area contributed by atoms with Gasteiger partial charge in [0.15, 0.2) is 0 Å². The Balaban J connectivity index is 3.19. The maximum absolute atomic E-state index is 9.50. The molecule has 0 atom stereocenters. The molecule has 1 N–H and O–H groups in total. The summed E-state index contributed by atoms with van der Waals surface area (Å²) in [5.74, 6) is 0. The predicted molar refractivity (Wildman–Crippen MR) is 27.7 cm³/mol. The summed E-state index contributed by atoms with van der Waals surface area (Å²) in [7, 11) is 3.41. The second-order valence-electron chi connectivity index (χ2n) is 1.28. The second kappa shape index (κ2) is 4.04. The Morgan fingerprint density at radius 3 is 2.62 bits per heavy atom. The minimum Gasteiger partial charge on any atom is -0.283 e. The molecule has 5 heteroatoms. The van der Waals surface area contributed by atoms with Crippen LogP contribution in [0.5, 0.6) is 0 Å². The number of nitrogens with one attached hydrogen (secondary N) is 1. The molecule has 0 aromatic heterocycles. The first kappa shape index (κ1) is 6.87. The molecule has 0 saturated carbocycles. The predicted octanol–water partition coefficient (Wildman–Crippen LogP) is -0.424. The molecular weight excluding hydrogens is 108 g/mol. The van der Waals surface area contributed by atoms with E-state index >= 15 is 0 Å². The van der Waals surface area contributed by atoms with Gasteiger partial charge in [0.1, 0.15) is 0 Å². The number of rotatable bonds is 3. The molecule has 0 fully saturated rings. The van der Waals surface area contributed by atoms with Gasteiger partial charge in [-0.05, 0) is 5.22 Å². The summed E-state index contributed by atoms with van der Waals surface area (Å²) < 4.78 is 0. The first-order valence-electron chi connectivity index (χ1n) is 2.04. The van der Waals surface area contributed by atoms with E-state index in [2.05, 4.69) is 10.4 Å². The van der Waals surface area contributed by atoms with Gasteiger partial charge in [-0.2, -0.15) is 0 Å². The average molecular weight is 116 g/mol. The van der Waals surface area contributed by atoms with Gasteiger partial charge in [-0.25, -0.2) is 5.43 Å². The van der Waals surface area contributed by atoms with E-state index in [9.17, 15) is 4.79 Å². The molecule has 0 heterocycles. The van der Waals surface area contributed by atoms with Crippen molar-refractivity contribution < 1.29 is 4.79 Å². The third kappa shape index (κ3) is 4.87.